The van der Waals surface area contributed by atoms with Crippen molar-refractivity contribution in [3.05, 3.63) is 70.8 Å². The largest absolute Gasteiger partial charge is 0.378 e. The van der Waals surface area contributed by atoms with Crippen LogP contribution >= 0.6 is 0 Å². The highest BCUT2D eigenvalue weighted by molar-refractivity contribution is 6.15. The van der Waals surface area contributed by atoms with Crippen LogP contribution in [0.2, 0.25) is 0 Å². The third kappa shape index (κ3) is 4.05. The summed E-state index contributed by atoms with van der Waals surface area (Å²) in [5.74, 6) is 0.179. The van der Waals surface area contributed by atoms with E-state index in [1.165, 1.54) is 0 Å². The molecule has 1 saturated carbocycles. The van der Waals surface area contributed by atoms with Crippen molar-refractivity contribution in [3.8, 4) is 0 Å². The molecule has 3 heteroatoms. The summed E-state index contributed by atoms with van der Waals surface area (Å²) in [6, 6.07) is 16.6. The lowest BCUT2D eigenvalue weighted by molar-refractivity contribution is -0.111. The molecule has 0 radical (unpaired) electrons. The minimum absolute atomic E-state index is 0.179. The highest BCUT2D eigenvalue weighted by Gasteiger charge is 2.22. The fourth-order valence-corrected chi connectivity index (χ4v) is 3.12. The lowest BCUT2D eigenvalue weighted by atomic mass is 10.1. The van der Waals surface area contributed by atoms with Gasteiger partial charge in [-0.15, -0.1) is 0 Å². The van der Waals surface area contributed by atoms with Crippen LogP contribution in [0.3, 0.4) is 0 Å². The molecule has 0 unspecified atom stereocenters. The number of hydrogen-bond acceptors (Lipinski definition) is 3. The Morgan fingerprint density at radius 3 is 1.31 bits per heavy atom. The van der Waals surface area contributed by atoms with Crippen molar-refractivity contribution >= 4 is 29.3 Å². The lowest BCUT2D eigenvalue weighted by Crippen LogP contribution is -2.08. The molecule has 1 fully saturated rings. The van der Waals surface area contributed by atoms with Gasteiger partial charge in [0, 0.05) is 50.7 Å². The standard InChI is InChI=1S/C23H26N2O/c1-24(2)21-11-5-17(6-12-21)15-19-9-10-20(23(19)26)16-18-7-13-22(14-8-18)25(3)4/h5-8,11-16H,9-10H2,1-4H3/b19-15-,20-16-. The van der Waals surface area contributed by atoms with Crippen molar-refractivity contribution in [2.75, 3.05) is 38.0 Å². The van der Waals surface area contributed by atoms with Crippen LogP contribution in [0.5, 0.6) is 0 Å². The number of ketones is 1. The first-order valence-electron chi connectivity index (χ1n) is 8.94. The highest BCUT2D eigenvalue weighted by Crippen LogP contribution is 2.30. The van der Waals surface area contributed by atoms with Crippen LogP contribution in [0.15, 0.2) is 59.7 Å². The first-order chi connectivity index (χ1) is 12.4. The predicted octanol–water partition coefficient (Wildman–Crippen LogP) is 4.65. The van der Waals surface area contributed by atoms with Gasteiger partial charge in [0.25, 0.3) is 0 Å². The zero-order valence-corrected chi connectivity index (χ0v) is 16.0. The Kier molecular flexibility index (Phi) is 5.27. The van der Waals surface area contributed by atoms with E-state index in [9.17, 15) is 4.79 Å². The molecule has 0 aromatic heterocycles. The van der Waals surface area contributed by atoms with Crippen LogP contribution in [0, 0.1) is 0 Å². The van der Waals surface area contributed by atoms with E-state index in [0.717, 1.165) is 46.5 Å². The normalized spacial score (nSPS) is 17.2. The lowest BCUT2D eigenvalue weighted by Gasteiger charge is -2.12. The molecule has 3 nitrogen and oxygen atoms in total. The summed E-state index contributed by atoms with van der Waals surface area (Å²) < 4.78 is 0. The second-order valence-corrected chi connectivity index (χ2v) is 7.14. The molecule has 1 aliphatic carbocycles. The van der Waals surface area contributed by atoms with Gasteiger partial charge in [-0.2, -0.15) is 0 Å². The van der Waals surface area contributed by atoms with E-state index in [-0.39, 0.29) is 5.78 Å². The number of anilines is 2. The van der Waals surface area contributed by atoms with Crippen molar-refractivity contribution < 1.29 is 4.79 Å². The summed E-state index contributed by atoms with van der Waals surface area (Å²) in [6.07, 6.45) is 5.68. The molecule has 1 aliphatic rings. The van der Waals surface area contributed by atoms with Crippen molar-refractivity contribution in [1.82, 2.24) is 0 Å². The summed E-state index contributed by atoms with van der Waals surface area (Å²) in [7, 11) is 8.10. The molecule has 0 saturated heterocycles. The van der Waals surface area contributed by atoms with Crippen molar-refractivity contribution in [1.29, 1.82) is 0 Å². The number of carbonyl (C=O) groups is 1. The summed E-state index contributed by atoms with van der Waals surface area (Å²) >= 11 is 0. The van der Waals surface area contributed by atoms with Crippen LogP contribution < -0.4 is 9.80 Å². The third-order valence-electron chi connectivity index (χ3n) is 4.75. The number of nitrogens with zero attached hydrogens (tertiary/aromatic N) is 2. The van der Waals surface area contributed by atoms with Gasteiger partial charge >= 0.3 is 0 Å². The molecule has 0 bridgehead atoms. The van der Waals surface area contributed by atoms with Gasteiger partial charge < -0.3 is 9.80 Å². The molecule has 26 heavy (non-hydrogen) atoms. The van der Waals surface area contributed by atoms with E-state index in [2.05, 4.69) is 58.3 Å². The molecule has 134 valence electrons. The van der Waals surface area contributed by atoms with Gasteiger partial charge in [0.2, 0.25) is 0 Å². The zero-order chi connectivity index (χ0) is 18.7. The van der Waals surface area contributed by atoms with Crippen molar-refractivity contribution in [2.24, 2.45) is 0 Å². The number of allylic oxidation sites excluding steroid dienone is 2. The SMILES string of the molecule is CN(C)c1ccc(/C=C2/CC/C(=C/c3ccc(N(C)C)cc3)C2=O)cc1. The predicted molar refractivity (Wildman–Crippen MR) is 112 cm³/mol. The quantitative estimate of drug-likeness (QED) is 0.753. The van der Waals surface area contributed by atoms with E-state index in [1.54, 1.807) is 0 Å². The molecule has 0 amide bonds. The minimum atomic E-state index is 0.179. The number of benzene rings is 2. The van der Waals surface area contributed by atoms with E-state index >= 15 is 0 Å². The van der Waals surface area contributed by atoms with Gasteiger partial charge in [0.05, 0.1) is 0 Å². The van der Waals surface area contributed by atoms with Crippen LogP contribution in [-0.4, -0.2) is 34.0 Å². The maximum Gasteiger partial charge on any atom is 0.185 e. The van der Waals surface area contributed by atoms with Gasteiger partial charge in [-0.3, -0.25) is 4.79 Å². The van der Waals surface area contributed by atoms with E-state index in [4.69, 9.17) is 0 Å². The molecule has 2 aromatic rings. The minimum Gasteiger partial charge on any atom is -0.378 e. The fourth-order valence-electron chi connectivity index (χ4n) is 3.12. The summed E-state index contributed by atoms with van der Waals surface area (Å²) in [5.41, 5.74) is 6.28. The zero-order valence-electron chi connectivity index (χ0n) is 16.0. The molecular weight excluding hydrogens is 320 g/mol. The Morgan fingerprint density at radius 1 is 0.654 bits per heavy atom. The van der Waals surface area contributed by atoms with Crippen LogP contribution in [0.1, 0.15) is 24.0 Å². The Labute approximate surface area is 156 Å². The van der Waals surface area contributed by atoms with Crippen LogP contribution in [0.25, 0.3) is 12.2 Å². The molecule has 0 spiro atoms. The first kappa shape index (κ1) is 18.0. The summed E-state index contributed by atoms with van der Waals surface area (Å²) in [4.78, 5) is 16.9. The number of carbonyl (C=O) groups excluding carboxylic acids is 1. The third-order valence-corrected chi connectivity index (χ3v) is 4.75. The molecule has 0 atom stereocenters. The van der Waals surface area contributed by atoms with Crippen molar-refractivity contribution in [2.45, 2.75) is 12.8 Å². The Hall–Kier alpha value is -2.81. The molecular formula is C23H26N2O. The fraction of sp³-hybridized carbons (Fsp3) is 0.261. The molecule has 3 rings (SSSR count). The van der Waals surface area contributed by atoms with E-state index in [1.807, 2.05) is 40.3 Å². The second-order valence-electron chi connectivity index (χ2n) is 7.14. The smallest absolute Gasteiger partial charge is 0.185 e. The number of rotatable bonds is 4. The average molecular weight is 346 g/mol. The van der Waals surface area contributed by atoms with E-state index in [0.29, 0.717) is 0 Å². The van der Waals surface area contributed by atoms with Gasteiger partial charge in [-0.1, -0.05) is 24.3 Å². The van der Waals surface area contributed by atoms with Gasteiger partial charge in [0.1, 0.15) is 0 Å². The van der Waals surface area contributed by atoms with Crippen LogP contribution in [-0.2, 0) is 4.79 Å². The van der Waals surface area contributed by atoms with Gasteiger partial charge in [0.15, 0.2) is 5.78 Å². The first-order valence-corrected chi connectivity index (χ1v) is 8.94. The summed E-state index contributed by atoms with van der Waals surface area (Å²) in [5, 5.41) is 0. The second kappa shape index (κ2) is 7.61. The Bertz CT molecular complexity index is 769. The number of Topliss-reactive ketones (excluding diaryl/α,β-unsaturated/α-hetero) is 1. The molecule has 2 aromatic carbocycles. The van der Waals surface area contributed by atoms with E-state index < -0.39 is 0 Å². The molecule has 0 heterocycles. The maximum atomic E-state index is 12.7. The topological polar surface area (TPSA) is 23.6 Å². The highest BCUT2D eigenvalue weighted by atomic mass is 16.1. The van der Waals surface area contributed by atoms with Crippen LogP contribution in [0.4, 0.5) is 11.4 Å². The average Bonchev–Trinajstić information content (AvgIpc) is 2.96. The Balaban J connectivity index is 1.76. The molecule has 0 aliphatic heterocycles. The maximum absolute atomic E-state index is 12.7. The number of hydrogen-bond donors (Lipinski definition) is 0. The van der Waals surface area contributed by atoms with Gasteiger partial charge in [-0.05, 0) is 60.4 Å². The van der Waals surface area contributed by atoms with Crippen molar-refractivity contribution in [3.63, 3.8) is 0 Å². The summed E-state index contributed by atoms with van der Waals surface area (Å²) in [6.45, 7) is 0. The Morgan fingerprint density at radius 2 is 1.00 bits per heavy atom. The van der Waals surface area contributed by atoms with Gasteiger partial charge in [-0.25, -0.2) is 0 Å². The molecule has 0 N–H and O–H groups in total. The monoisotopic (exact) mass is 346 g/mol.